The van der Waals surface area contributed by atoms with Crippen LogP contribution in [0, 0.1) is 5.92 Å². The molecular formula is C19H23N3O6. The third-order valence-electron chi connectivity index (χ3n) is 5.02. The molecule has 2 aliphatic rings. The SMILES string of the molecule is COc1ccccc1NC(=O)[C@@H](C)OC(=O)CN1C(=O)N[C@](C)(C2CC2)C1=O. The second kappa shape index (κ2) is 7.49. The minimum atomic E-state index is -1.12. The standard InChI is InChI=1S/C19H23N3O6/c1-11(16(24)20-13-6-4-5-7-14(13)27-3)28-15(23)10-22-17(25)19(2,12-8-9-12)21-18(22)26/h4-7,11-12H,8-10H2,1-3H3,(H,20,24)(H,21,26)/t11-,19-/m1/s1. The van der Waals surface area contributed by atoms with Gasteiger partial charge in [0.2, 0.25) is 0 Å². The number of hydrogen-bond donors (Lipinski definition) is 2. The highest BCUT2D eigenvalue weighted by Crippen LogP contribution is 2.42. The number of benzene rings is 1. The molecule has 4 amide bonds. The Kier molecular flexibility index (Phi) is 5.26. The fraction of sp³-hybridized carbons (Fsp3) is 0.474. The zero-order valence-corrected chi connectivity index (χ0v) is 16.0. The van der Waals surface area contributed by atoms with Gasteiger partial charge in [0.25, 0.3) is 11.8 Å². The van der Waals surface area contributed by atoms with Gasteiger partial charge >= 0.3 is 12.0 Å². The fourth-order valence-electron chi connectivity index (χ4n) is 3.20. The molecule has 0 aromatic heterocycles. The van der Waals surface area contributed by atoms with Gasteiger partial charge in [-0.15, -0.1) is 0 Å². The lowest BCUT2D eigenvalue weighted by molar-refractivity contribution is -0.155. The third kappa shape index (κ3) is 3.78. The van der Waals surface area contributed by atoms with Gasteiger partial charge in [-0.3, -0.25) is 19.3 Å². The fourth-order valence-corrected chi connectivity index (χ4v) is 3.20. The van der Waals surface area contributed by atoms with Crippen LogP contribution in [0.4, 0.5) is 10.5 Å². The minimum absolute atomic E-state index is 0.0931. The first-order valence-corrected chi connectivity index (χ1v) is 9.03. The number of hydrogen-bond acceptors (Lipinski definition) is 6. The number of nitrogens with zero attached hydrogens (tertiary/aromatic N) is 1. The number of ether oxygens (including phenoxy) is 2. The summed E-state index contributed by atoms with van der Waals surface area (Å²) in [6.45, 7) is 2.53. The minimum Gasteiger partial charge on any atom is -0.495 e. The van der Waals surface area contributed by atoms with Crippen LogP contribution >= 0.6 is 0 Å². The number of carbonyl (C=O) groups is 4. The lowest BCUT2D eigenvalue weighted by Gasteiger charge is -2.21. The maximum absolute atomic E-state index is 12.5. The van der Waals surface area contributed by atoms with Crippen LogP contribution in [-0.2, 0) is 19.1 Å². The maximum Gasteiger partial charge on any atom is 0.327 e. The second-order valence-corrected chi connectivity index (χ2v) is 7.12. The van der Waals surface area contributed by atoms with Crippen LogP contribution in [0.25, 0.3) is 0 Å². The van der Waals surface area contributed by atoms with Crippen LogP contribution in [-0.4, -0.2) is 54.0 Å². The van der Waals surface area contributed by atoms with Crippen LogP contribution in [0.15, 0.2) is 24.3 Å². The van der Waals surface area contributed by atoms with E-state index in [2.05, 4.69) is 10.6 Å². The maximum atomic E-state index is 12.5. The van der Waals surface area contributed by atoms with E-state index >= 15 is 0 Å². The summed E-state index contributed by atoms with van der Waals surface area (Å²) in [5.41, 5.74) is -0.531. The largest absolute Gasteiger partial charge is 0.495 e. The van der Waals surface area contributed by atoms with Crippen molar-refractivity contribution >= 4 is 29.5 Å². The van der Waals surface area contributed by atoms with Gasteiger partial charge < -0.3 is 20.1 Å². The molecular weight excluding hydrogens is 366 g/mol. The molecule has 9 nitrogen and oxygen atoms in total. The average Bonchev–Trinajstić information content (AvgIpc) is 3.48. The van der Waals surface area contributed by atoms with Crippen molar-refractivity contribution in [1.29, 1.82) is 0 Å². The molecule has 1 aliphatic heterocycles. The number of imide groups is 1. The number of rotatable bonds is 7. The quantitative estimate of drug-likeness (QED) is 0.536. The van der Waals surface area contributed by atoms with Gasteiger partial charge in [-0.1, -0.05) is 12.1 Å². The zero-order chi connectivity index (χ0) is 20.5. The summed E-state index contributed by atoms with van der Waals surface area (Å²) < 4.78 is 10.2. The van der Waals surface area contributed by atoms with Crippen molar-refractivity contribution in [3.8, 4) is 5.75 Å². The Morgan fingerprint density at radius 1 is 1.32 bits per heavy atom. The number of para-hydroxylation sites is 2. The summed E-state index contributed by atoms with van der Waals surface area (Å²) in [6.07, 6.45) is 0.607. The molecule has 9 heteroatoms. The zero-order valence-electron chi connectivity index (χ0n) is 16.0. The molecule has 1 aliphatic carbocycles. The number of urea groups is 1. The Labute approximate surface area is 162 Å². The molecule has 1 aromatic carbocycles. The van der Waals surface area contributed by atoms with Crippen molar-refractivity contribution < 1.29 is 28.7 Å². The van der Waals surface area contributed by atoms with Gasteiger partial charge in [-0.25, -0.2) is 4.79 Å². The molecule has 0 unspecified atom stereocenters. The topological polar surface area (TPSA) is 114 Å². The summed E-state index contributed by atoms with van der Waals surface area (Å²) in [7, 11) is 1.47. The van der Waals surface area contributed by atoms with E-state index in [1.807, 2.05) is 0 Å². The van der Waals surface area contributed by atoms with Crippen molar-refractivity contribution in [2.45, 2.75) is 38.3 Å². The Bertz CT molecular complexity index is 822. The van der Waals surface area contributed by atoms with Crippen LogP contribution in [0.1, 0.15) is 26.7 Å². The van der Waals surface area contributed by atoms with Gasteiger partial charge in [-0.05, 0) is 44.7 Å². The Morgan fingerprint density at radius 2 is 2.00 bits per heavy atom. The highest BCUT2D eigenvalue weighted by atomic mass is 16.5. The highest BCUT2D eigenvalue weighted by Gasteiger charge is 2.56. The molecule has 3 rings (SSSR count). The summed E-state index contributed by atoms with van der Waals surface area (Å²) in [5, 5.41) is 5.27. The number of carbonyl (C=O) groups excluding carboxylic acids is 4. The van der Waals surface area contributed by atoms with E-state index in [0.717, 1.165) is 17.7 Å². The highest BCUT2D eigenvalue weighted by molar-refractivity contribution is 6.09. The molecule has 1 heterocycles. The van der Waals surface area contributed by atoms with Crippen molar-refractivity contribution in [3.63, 3.8) is 0 Å². The van der Waals surface area contributed by atoms with E-state index in [1.54, 1.807) is 31.2 Å². The summed E-state index contributed by atoms with van der Waals surface area (Å²) in [6, 6.07) is 6.19. The Balaban J connectivity index is 1.56. The lowest BCUT2D eigenvalue weighted by Crippen LogP contribution is -2.46. The van der Waals surface area contributed by atoms with Gasteiger partial charge in [0.05, 0.1) is 12.8 Å². The Hall–Kier alpha value is -3.10. The number of anilines is 1. The predicted octanol–water partition coefficient (Wildman–Crippen LogP) is 1.29. The average molecular weight is 389 g/mol. The third-order valence-corrected chi connectivity index (χ3v) is 5.02. The normalized spacial score (nSPS) is 22.5. The molecule has 28 heavy (non-hydrogen) atoms. The molecule has 1 saturated heterocycles. The molecule has 0 spiro atoms. The molecule has 2 N–H and O–H groups in total. The smallest absolute Gasteiger partial charge is 0.327 e. The number of esters is 1. The van der Waals surface area contributed by atoms with Gasteiger partial charge in [0.1, 0.15) is 17.8 Å². The van der Waals surface area contributed by atoms with Crippen molar-refractivity contribution in [2.24, 2.45) is 5.92 Å². The van der Waals surface area contributed by atoms with Crippen LogP contribution in [0.2, 0.25) is 0 Å². The van der Waals surface area contributed by atoms with E-state index in [4.69, 9.17) is 9.47 Å². The molecule has 1 saturated carbocycles. The Morgan fingerprint density at radius 3 is 2.64 bits per heavy atom. The first kappa shape index (κ1) is 19.7. The lowest BCUT2D eigenvalue weighted by atomic mass is 9.96. The molecule has 0 bridgehead atoms. The molecule has 0 radical (unpaired) electrons. The van der Waals surface area contributed by atoms with E-state index in [1.165, 1.54) is 14.0 Å². The summed E-state index contributed by atoms with van der Waals surface area (Å²) in [5.74, 6) is -1.28. The van der Waals surface area contributed by atoms with Gasteiger partial charge in [0.15, 0.2) is 6.10 Å². The predicted molar refractivity (Wildman–Crippen MR) is 98.6 cm³/mol. The van der Waals surface area contributed by atoms with Gasteiger partial charge in [-0.2, -0.15) is 0 Å². The van der Waals surface area contributed by atoms with Crippen LogP contribution in [0.5, 0.6) is 5.75 Å². The van der Waals surface area contributed by atoms with Crippen molar-refractivity contribution in [3.05, 3.63) is 24.3 Å². The monoisotopic (exact) mass is 389 g/mol. The summed E-state index contributed by atoms with van der Waals surface area (Å²) >= 11 is 0. The first-order valence-electron chi connectivity index (χ1n) is 9.03. The van der Waals surface area contributed by atoms with E-state index < -0.39 is 42.0 Å². The van der Waals surface area contributed by atoms with Gasteiger partial charge in [0, 0.05) is 0 Å². The van der Waals surface area contributed by atoms with Crippen molar-refractivity contribution in [1.82, 2.24) is 10.2 Å². The molecule has 2 fully saturated rings. The van der Waals surface area contributed by atoms with E-state index in [0.29, 0.717) is 11.4 Å². The number of amides is 4. The summed E-state index contributed by atoms with van der Waals surface area (Å²) in [4.78, 5) is 49.9. The second-order valence-electron chi connectivity index (χ2n) is 7.12. The number of methoxy groups -OCH3 is 1. The van der Waals surface area contributed by atoms with E-state index in [-0.39, 0.29) is 5.92 Å². The molecule has 2 atom stereocenters. The number of nitrogens with one attached hydrogen (secondary N) is 2. The molecule has 1 aromatic rings. The molecule has 150 valence electrons. The van der Waals surface area contributed by atoms with Crippen LogP contribution < -0.4 is 15.4 Å². The van der Waals surface area contributed by atoms with Crippen LogP contribution in [0.3, 0.4) is 0 Å². The first-order chi connectivity index (χ1) is 13.3. The van der Waals surface area contributed by atoms with Crippen molar-refractivity contribution in [2.75, 3.05) is 19.0 Å². The van der Waals surface area contributed by atoms with E-state index in [9.17, 15) is 19.2 Å².